The van der Waals surface area contributed by atoms with Crippen molar-refractivity contribution >= 4 is 28.6 Å². The Bertz CT molecular complexity index is 1350. The van der Waals surface area contributed by atoms with Crippen LogP contribution in [0.2, 0.25) is 0 Å². The minimum Gasteiger partial charge on any atom is -0.482 e. The molecule has 1 saturated carbocycles. The van der Waals surface area contributed by atoms with Crippen molar-refractivity contribution in [1.29, 1.82) is 0 Å². The largest absolute Gasteiger partial charge is 0.482 e. The first-order valence-electron chi connectivity index (χ1n) is 13.0. The van der Waals surface area contributed by atoms with E-state index in [0.717, 1.165) is 17.7 Å². The summed E-state index contributed by atoms with van der Waals surface area (Å²) in [6.07, 6.45) is 3.00. The average Bonchev–Trinajstić information content (AvgIpc) is 3.43. The summed E-state index contributed by atoms with van der Waals surface area (Å²) in [6.45, 7) is -0.258. The number of halogens is 3. The lowest BCUT2D eigenvalue weighted by molar-refractivity contribution is -0.163. The molecule has 0 saturated heterocycles. The Hall–Kier alpha value is -3.36. The number of ether oxygens (including phenoxy) is 2. The maximum Gasteiger partial charge on any atom is 0.446 e. The quantitative estimate of drug-likeness (QED) is 0.112. The van der Waals surface area contributed by atoms with Crippen molar-refractivity contribution in [2.75, 3.05) is 6.61 Å². The fraction of sp³-hybridized carbons (Fsp3) is 0.219. The fourth-order valence-corrected chi connectivity index (χ4v) is 7.56. The van der Waals surface area contributed by atoms with Gasteiger partial charge < -0.3 is 9.47 Å². The van der Waals surface area contributed by atoms with E-state index in [1.54, 1.807) is 12.1 Å². The highest BCUT2D eigenvalue weighted by molar-refractivity contribution is 8.00. The number of benzene rings is 4. The summed E-state index contributed by atoms with van der Waals surface area (Å²) in [7, 11) is -0.284. The molecule has 0 bridgehead atoms. The van der Waals surface area contributed by atoms with Crippen molar-refractivity contribution < 1.29 is 27.4 Å². The van der Waals surface area contributed by atoms with Gasteiger partial charge in [0.05, 0.1) is 10.9 Å². The van der Waals surface area contributed by atoms with Gasteiger partial charge in [0.1, 0.15) is 11.4 Å². The van der Waals surface area contributed by atoms with E-state index in [1.807, 2.05) is 60.7 Å². The zero-order valence-electron chi connectivity index (χ0n) is 21.6. The van der Waals surface area contributed by atoms with Crippen molar-refractivity contribution in [2.45, 2.75) is 56.4 Å². The van der Waals surface area contributed by atoms with Crippen LogP contribution in [0, 0.1) is 0 Å². The molecule has 0 atom stereocenters. The van der Waals surface area contributed by atoms with Gasteiger partial charge in [0.15, 0.2) is 21.3 Å². The highest BCUT2D eigenvalue weighted by Gasteiger charge is 2.40. The van der Waals surface area contributed by atoms with Gasteiger partial charge in [0, 0.05) is 4.90 Å². The summed E-state index contributed by atoms with van der Waals surface area (Å²) < 4.78 is 49.8. The monoisotopic (exact) mass is 581 g/mol. The fourth-order valence-electron chi connectivity index (χ4n) is 4.94. The third-order valence-corrected chi connectivity index (χ3v) is 9.68. The molecule has 5 rings (SSSR count). The molecule has 0 aliphatic heterocycles. The lowest BCUT2D eigenvalue weighted by atomic mass is 9.92. The van der Waals surface area contributed by atoms with E-state index in [-0.39, 0.29) is 34.2 Å². The maximum atomic E-state index is 12.9. The Balaban J connectivity index is 1.24. The highest BCUT2D eigenvalue weighted by atomic mass is 32.2. The summed E-state index contributed by atoms with van der Waals surface area (Å²) in [4.78, 5) is 16.5. The van der Waals surface area contributed by atoms with Gasteiger partial charge >= 0.3 is 11.5 Å². The van der Waals surface area contributed by atoms with Crippen LogP contribution in [0.3, 0.4) is 0 Å². The first-order valence-corrected chi connectivity index (χ1v) is 15.0. The highest BCUT2D eigenvalue weighted by Crippen LogP contribution is 2.44. The molecule has 0 amide bonds. The topological polar surface area (TPSA) is 35.5 Å². The Morgan fingerprint density at radius 1 is 0.750 bits per heavy atom. The Labute approximate surface area is 239 Å². The van der Waals surface area contributed by atoms with Gasteiger partial charge in [-0.3, -0.25) is 0 Å². The van der Waals surface area contributed by atoms with Crippen LogP contribution in [0.5, 0.6) is 5.75 Å². The van der Waals surface area contributed by atoms with E-state index < -0.39 is 17.1 Å². The minimum absolute atomic E-state index is 0.102. The van der Waals surface area contributed by atoms with Gasteiger partial charge in [-0.2, -0.15) is 13.2 Å². The zero-order valence-corrected chi connectivity index (χ0v) is 23.2. The summed E-state index contributed by atoms with van der Waals surface area (Å²) in [5.74, 6) is 0.0485. The summed E-state index contributed by atoms with van der Waals surface area (Å²) in [6, 6.07) is 34.5. The molecule has 3 nitrogen and oxygen atoms in total. The molecular weight excluding hydrogens is 553 g/mol. The smallest absolute Gasteiger partial charge is 0.446 e. The third kappa shape index (κ3) is 7.04. The van der Waals surface area contributed by atoms with E-state index in [0.29, 0.717) is 24.2 Å². The van der Waals surface area contributed by atoms with E-state index >= 15 is 0 Å². The van der Waals surface area contributed by atoms with Crippen LogP contribution in [0.4, 0.5) is 13.2 Å². The predicted molar refractivity (Wildman–Crippen MR) is 152 cm³/mol. The Morgan fingerprint density at radius 3 is 1.80 bits per heavy atom. The van der Waals surface area contributed by atoms with Gasteiger partial charge in [-0.15, -0.1) is 0 Å². The standard InChI is InChI=1S/C32H28F3O3S2/c33-32(34,35)39-26-17-13-24(14-18-26)31(21-7-8-22-31)38-30(36)23-37-25-15-19-29(20-16-25)40(27-9-3-1-4-10-27)28-11-5-2-6-12-28/h1-6,9-20H,7-8,21-23H2/q+1. The van der Waals surface area contributed by atoms with Crippen LogP contribution in [-0.2, 0) is 26.0 Å². The second-order valence-corrected chi connectivity index (χ2v) is 12.6. The molecule has 0 heterocycles. The normalized spacial score (nSPS) is 14.7. The number of hydrogen-bond donors (Lipinski definition) is 0. The summed E-state index contributed by atoms with van der Waals surface area (Å²) in [5.41, 5.74) is -4.48. The third-order valence-electron chi connectivity index (χ3n) is 6.71. The first-order chi connectivity index (χ1) is 19.3. The van der Waals surface area contributed by atoms with Gasteiger partial charge in [-0.1, -0.05) is 48.5 Å². The number of thioether (sulfide) groups is 1. The molecule has 1 aliphatic carbocycles. The number of hydrogen-bond acceptors (Lipinski definition) is 4. The molecule has 206 valence electrons. The van der Waals surface area contributed by atoms with E-state index in [2.05, 4.69) is 24.3 Å². The molecule has 1 fully saturated rings. The van der Waals surface area contributed by atoms with Crippen LogP contribution >= 0.6 is 11.8 Å². The second-order valence-electron chi connectivity index (χ2n) is 9.44. The predicted octanol–water partition coefficient (Wildman–Crippen LogP) is 8.79. The molecule has 0 spiro atoms. The molecule has 0 radical (unpaired) electrons. The molecule has 8 heteroatoms. The lowest BCUT2D eigenvalue weighted by Crippen LogP contribution is -2.31. The van der Waals surface area contributed by atoms with Gasteiger partial charge in [0.25, 0.3) is 0 Å². The lowest BCUT2D eigenvalue weighted by Gasteiger charge is -2.30. The van der Waals surface area contributed by atoms with Crippen LogP contribution in [0.1, 0.15) is 31.2 Å². The molecule has 4 aromatic rings. The minimum atomic E-state index is -4.35. The molecule has 0 aromatic heterocycles. The molecule has 4 aromatic carbocycles. The van der Waals surface area contributed by atoms with Crippen LogP contribution < -0.4 is 4.74 Å². The van der Waals surface area contributed by atoms with E-state index in [1.165, 1.54) is 21.9 Å². The van der Waals surface area contributed by atoms with Gasteiger partial charge in [-0.05, 0) is 104 Å². The van der Waals surface area contributed by atoms with Gasteiger partial charge in [0.2, 0.25) is 0 Å². The summed E-state index contributed by atoms with van der Waals surface area (Å²) in [5, 5.41) is 0. The van der Waals surface area contributed by atoms with Crippen molar-refractivity contribution in [2.24, 2.45) is 0 Å². The number of alkyl halides is 3. The van der Waals surface area contributed by atoms with Gasteiger partial charge in [-0.25, -0.2) is 4.79 Å². The number of rotatable bonds is 9. The number of carbonyl (C=O) groups is 1. The Morgan fingerprint density at radius 2 is 1.27 bits per heavy atom. The molecule has 0 N–H and O–H groups in total. The molecular formula is C32H28F3O3S2+. The molecule has 0 unspecified atom stereocenters. The second kappa shape index (κ2) is 12.4. The number of esters is 1. The molecule has 40 heavy (non-hydrogen) atoms. The van der Waals surface area contributed by atoms with Crippen molar-refractivity contribution in [3.63, 3.8) is 0 Å². The van der Waals surface area contributed by atoms with E-state index in [9.17, 15) is 18.0 Å². The molecule has 1 aliphatic rings. The Kier molecular flexibility index (Phi) is 8.76. The number of carbonyl (C=O) groups excluding carboxylic acids is 1. The zero-order chi connectivity index (χ0) is 28.0. The first kappa shape index (κ1) is 28.2. The van der Waals surface area contributed by atoms with Crippen molar-refractivity contribution in [3.05, 3.63) is 115 Å². The van der Waals surface area contributed by atoms with Crippen molar-refractivity contribution in [3.8, 4) is 5.75 Å². The van der Waals surface area contributed by atoms with Crippen LogP contribution in [-0.4, -0.2) is 18.1 Å². The van der Waals surface area contributed by atoms with Crippen LogP contribution in [0.15, 0.2) is 129 Å². The average molecular weight is 582 g/mol. The maximum absolute atomic E-state index is 12.9. The van der Waals surface area contributed by atoms with Crippen molar-refractivity contribution in [1.82, 2.24) is 0 Å². The van der Waals surface area contributed by atoms with E-state index in [4.69, 9.17) is 9.47 Å². The van der Waals surface area contributed by atoms with Crippen LogP contribution in [0.25, 0.3) is 0 Å². The SMILES string of the molecule is O=C(COc1ccc([S+](c2ccccc2)c2ccccc2)cc1)OC1(c2ccc(SC(F)(F)F)cc2)CCCC1. The summed E-state index contributed by atoms with van der Waals surface area (Å²) >= 11 is -0.157.